The fourth-order valence-electron chi connectivity index (χ4n) is 1.86. The summed E-state index contributed by atoms with van der Waals surface area (Å²) in [6.45, 7) is 1.97. The van der Waals surface area contributed by atoms with Crippen molar-refractivity contribution in [3.05, 3.63) is 59.7 Å². The summed E-state index contributed by atoms with van der Waals surface area (Å²) in [7, 11) is 0. The SMILES string of the molecule is CC(Nc1cccc(C#N)c1)c1ccccc1O. The molecule has 2 aromatic carbocycles. The first-order valence-electron chi connectivity index (χ1n) is 5.75. The van der Waals surface area contributed by atoms with E-state index in [1.165, 1.54) is 0 Å². The molecule has 0 aromatic heterocycles. The molecule has 0 aliphatic rings. The normalized spacial score (nSPS) is 11.6. The third-order valence-corrected chi connectivity index (χ3v) is 2.78. The van der Waals surface area contributed by atoms with E-state index >= 15 is 0 Å². The van der Waals surface area contributed by atoms with Crippen LogP contribution in [0.2, 0.25) is 0 Å². The molecule has 1 unspecified atom stereocenters. The first kappa shape index (κ1) is 12.0. The second-order valence-electron chi connectivity index (χ2n) is 4.12. The van der Waals surface area contributed by atoms with E-state index in [-0.39, 0.29) is 11.8 Å². The Morgan fingerprint density at radius 2 is 1.94 bits per heavy atom. The number of para-hydroxylation sites is 1. The van der Waals surface area contributed by atoms with Gasteiger partial charge in [0.1, 0.15) is 5.75 Å². The van der Waals surface area contributed by atoms with Gasteiger partial charge in [0, 0.05) is 11.3 Å². The third kappa shape index (κ3) is 2.61. The molecule has 0 bridgehead atoms. The Bertz CT molecular complexity index is 587. The highest BCUT2D eigenvalue weighted by molar-refractivity contribution is 5.51. The molecule has 2 aromatic rings. The van der Waals surface area contributed by atoms with Gasteiger partial charge >= 0.3 is 0 Å². The van der Waals surface area contributed by atoms with Crippen molar-refractivity contribution in [1.29, 1.82) is 5.26 Å². The summed E-state index contributed by atoms with van der Waals surface area (Å²) in [4.78, 5) is 0. The molecule has 2 N–H and O–H groups in total. The molecular formula is C15H14N2O. The van der Waals surface area contributed by atoms with Crippen molar-refractivity contribution >= 4 is 5.69 Å². The Kier molecular flexibility index (Phi) is 3.49. The number of phenols is 1. The van der Waals surface area contributed by atoms with Gasteiger partial charge in [0.2, 0.25) is 0 Å². The molecule has 1 atom stereocenters. The van der Waals surface area contributed by atoms with Crippen molar-refractivity contribution in [2.24, 2.45) is 0 Å². The number of rotatable bonds is 3. The van der Waals surface area contributed by atoms with Crippen LogP contribution in [-0.4, -0.2) is 5.11 Å². The van der Waals surface area contributed by atoms with Crippen LogP contribution in [0.3, 0.4) is 0 Å². The molecule has 0 fully saturated rings. The average molecular weight is 238 g/mol. The average Bonchev–Trinajstić information content (AvgIpc) is 2.39. The molecule has 0 radical (unpaired) electrons. The molecule has 0 saturated heterocycles. The molecule has 0 aliphatic heterocycles. The number of nitriles is 1. The van der Waals surface area contributed by atoms with Crippen molar-refractivity contribution < 1.29 is 5.11 Å². The second-order valence-corrected chi connectivity index (χ2v) is 4.12. The van der Waals surface area contributed by atoms with Gasteiger partial charge < -0.3 is 10.4 Å². The first-order chi connectivity index (χ1) is 8.70. The molecule has 0 saturated carbocycles. The van der Waals surface area contributed by atoms with Gasteiger partial charge in [-0.05, 0) is 31.2 Å². The minimum atomic E-state index is -0.0276. The number of phenolic OH excluding ortho intramolecular Hbond substituents is 1. The Morgan fingerprint density at radius 1 is 1.17 bits per heavy atom. The Morgan fingerprint density at radius 3 is 2.67 bits per heavy atom. The lowest BCUT2D eigenvalue weighted by atomic mass is 10.1. The van der Waals surface area contributed by atoms with E-state index in [9.17, 15) is 5.11 Å². The first-order valence-corrected chi connectivity index (χ1v) is 5.75. The standard InChI is InChI=1S/C15H14N2O/c1-11(14-7-2-3-8-15(14)18)17-13-6-4-5-12(9-13)10-16/h2-9,11,17-18H,1H3. The van der Waals surface area contributed by atoms with Crippen LogP contribution in [0.1, 0.15) is 24.1 Å². The lowest BCUT2D eigenvalue weighted by Gasteiger charge is -2.16. The molecule has 0 amide bonds. The van der Waals surface area contributed by atoms with Gasteiger partial charge in [0.25, 0.3) is 0 Å². The summed E-state index contributed by atoms with van der Waals surface area (Å²) in [5, 5.41) is 21.9. The van der Waals surface area contributed by atoms with Crippen LogP contribution in [-0.2, 0) is 0 Å². The molecule has 0 heterocycles. The van der Waals surface area contributed by atoms with E-state index in [1.54, 1.807) is 24.3 Å². The summed E-state index contributed by atoms with van der Waals surface area (Å²) in [5.41, 5.74) is 2.31. The van der Waals surface area contributed by atoms with Gasteiger partial charge in [-0.25, -0.2) is 0 Å². The Hall–Kier alpha value is -2.47. The van der Waals surface area contributed by atoms with E-state index in [0.717, 1.165) is 11.3 Å². The lowest BCUT2D eigenvalue weighted by Crippen LogP contribution is -2.06. The van der Waals surface area contributed by atoms with Crippen molar-refractivity contribution in [3.63, 3.8) is 0 Å². The van der Waals surface area contributed by atoms with Crippen molar-refractivity contribution in [2.75, 3.05) is 5.32 Å². The molecule has 3 nitrogen and oxygen atoms in total. The van der Waals surface area contributed by atoms with Crippen LogP contribution in [0.5, 0.6) is 5.75 Å². The monoisotopic (exact) mass is 238 g/mol. The second kappa shape index (κ2) is 5.24. The van der Waals surface area contributed by atoms with Gasteiger partial charge in [0.05, 0.1) is 17.7 Å². The zero-order valence-electron chi connectivity index (χ0n) is 10.1. The Labute approximate surface area is 106 Å². The van der Waals surface area contributed by atoms with Crippen LogP contribution >= 0.6 is 0 Å². The van der Waals surface area contributed by atoms with E-state index in [2.05, 4.69) is 11.4 Å². The van der Waals surface area contributed by atoms with Crippen LogP contribution in [0.25, 0.3) is 0 Å². The highest BCUT2D eigenvalue weighted by Crippen LogP contribution is 2.26. The summed E-state index contributed by atoms with van der Waals surface area (Å²) < 4.78 is 0. The number of aromatic hydroxyl groups is 1. The quantitative estimate of drug-likeness (QED) is 0.861. The highest BCUT2D eigenvalue weighted by atomic mass is 16.3. The van der Waals surface area contributed by atoms with Crippen molar-refractivity contribution in [2.45, 2.75) is 13.0 Å². The number of hydrogen-bond donors (Lipinski definition) is 2. The predicted molar refractivity (Wildman–Crippen MR) is 71.3 cm³/mol. The van der Waals surface area contributed by atoms with E-state index in [4.69, 9.17) is 5.26 Å². The molecule has 3 heteroatoms. The summed E-state index contributed by atoms with van der Waals surface area (Å²) in [5.74, 6) is 0.272. The number of anilines is 1. The van der Waals surface area contributed by atoms with Crippen LogP contribution in [0.15, 0.2) is 48.5 Å². The lowest BCUT2D eigenvalue weighted by molar-refractivity contribution is 0.465. The van der Waals surface area contributed by atoms with Gasteiger partial charge in [-0.2, -0.15) is 5.26 Å². The maximum absolute atomic E-state index is 9.77. The molecular weight excluding hydrogens is 224 g/mol. The maximum atomic E-state index is 9.77. The zero-order valence-corrected chi connectivity index (χ0v) is 10.1. The largest absolute Gasteiger partial charge is 0.508 e. The van der Waals surface area contributed by atoms with Crippen molar-refractivity contribution in [3.8, 4) is 11.8 Å². The smallest absolute Gasteiger partial charge is 0.120 e. The Balaban J connectivity index is 2.19. The maximum Gasteiger partial charge on any atom is 0.120 e. The molecule has 0 spiro atoms. The fraction of sp³-hybridized carbons (Fsp3) is 0.133. The molecule has 18 heavy (non-hydrogen) atoms. The van der Waals surface area contributed by atoms with E-state index < -0.39 is 0 Å². The van der Waals surface area contributed by atoms with Gasteiger partial charge in [-0.1, -0.05) is 24.3 Å². The van der Waals surface area contributed by atoms with Gasteiger partial charge in [-0.15, -0.1) is 0 Å². The van der Waals surface area contributed by atoms with Gasteiger partial charge in [0.15, 0.2) is 0 Å². The minimum absolute atomic E-state index is 0.0276. The predicted octanol–water partition coefficient (Wildman–Crippen LogP) is 3.44. The molecule has 2 rings (SSSR count). The van der Waals surface area contributed by atoms with Crippen LogP contribution in [0, 0.1) is 11.3 Å². The van der Waals surface area contributed by atoms with E-state index in [0.29, 0.717) is 5.56 Å². The number of nitrogens with zero attached hydrogens (tertiary/aromatic N) is 1. The molecule has 0 aliphatic carbocycles. The number of nitrogens with one attached hydrogen (secondary N) is 1. The number of hydrogen-bond acceptors (Lipinski definition) is 3. The fourth-order valence-corrected chi connectivity index (χ4v) is 1.86. The summed E-state index contributed by atoms with van der Waals surface area (Å²) >= 11 is 0. The topological polar surface area (TPSA) is 56.0 Å². The van der Waals surface area contributed by atoms with E-state index in [1.807, 2.05) is 31.2 Å². The summed E-state index contributed by atoms with van der Waals surface area (Å²) in [6.07, 6.45) is 0. The zero-order chi connectivity index (χ0) is 13.0. The number of benzene rings is 2. The minimum Gasteiger partial charge on any atom is -0.508 e. The summed E-state index contributed by atoms with van der Waals surface area (Å²) in [6, 6.07) is 16.6. The van der Waals surface area contributed by atoms with Gasteiger partial charge in [-0.3, -0.25) is 0 Å². The van der Waals surface area contributed by atoms with Crippen LogP contribution in [0.4, 0.5) is 5.69 Å². The van der Waals surface area contributed by atoms with Crippen molar-refractivity contribution in [1.82, 2.24) is 0 Å². The highest BCUT2D eigenvalue weighted by Gasteiger charge is 2.09. The molecule has 90 valence electrons. The van der Waals surface area contributed by atoms with Crippen LogP contribution < -0.4 is 5.32 Å². The third-order valence-electron chi connectivity index (χ3n) is 2.78.